The Bertz CT molecular complexity index is 999. The molecular weight excluding hydrogens is 363 g/mol. The lowest BCUT2D eigenvalue weighted by molar-refractivity contribution is -0.122. The van der Waals surface area contributed by atoms with E-state index in [1.807, 2.05) is 6.92 Å². The minimum atomic E-state index is -0.379. The van der Waals surface area contributed by atoms with Gasteiger partial charge in [-0.05, 0) is 43.3 Å². The van der Waals surface area contributed by atoms with Gasteiger partial charge in [0.05, 0.1) is 17.4 Å². The van der Waals surface area contributed by atoms with Crippen LogP contribution in [0.25, 0.3) is 5.69 Å². The molecule has 0 bridgehead atoms. The first kappa shape index (κ1) is 19.1. The van der Waals surface area contributed by atoms with Gasteiger partial charge in [-0.1, -0.05) is 12.1 Å². The Balaban J connectivity index is 1.80. The van der Waals surface area contributed by atoms with Gasteiger partial charge in [-0.2, -0.15) is 5.10 Å². The fourth-order valence-electron chi connectivity index (χ4n) is 2.60. The first-order chi connectivity index (χ1) is 13.5. The van der Waals surface area contributed by atoms with E-state index in [2.05, 4.69) is 10.4 Å². The number of nitrogens with one attached hydrogen (secondary N) is 1. The Morgan fingerprint density at radius 2 is 1.96 bits per heavy atom. The van der Waals surface area contributed by atoms with Crippen molar-refractivity contribution in [2.24, 2.45) is 0 Å². The SMILES string of the molecule is CCNC(=O)COc1cccc(C(=O)c2cnn(-c3ccc(F)cc3)c2N)c1. The molecule has 0 atom stereocenters. The maximum atomic E-state index is 13.1. The highest BCUT2D eigenvalue weighted by Gasteiger charge is 2.18. The molecule has 7 nitrogen and oxygen atoms in total. The van der Waals surface area contributed by atoms with E-state index in [-0.39, 0.29) is 35.5 Å². The molecule has 0 saturated carbocycles. The zero-order valence-corrected chi connectivity index (χ0v) is 15.2. The smallest absolute Gasteiger partial charge is 0.257 e. The Morgan fingerprint density at radius 3 is 2.68 bits per heavy atom. The molecule has 0 saturated heterocycles. The number of ether oxygens (including phenoxy) is 1. The summed E-state index contributed by atoms with van der Waals surface area (Å²) in [5.41, 5.74) is 7.18. The van der Waals surface area contributed by atoms with Crippen molar-refractivity contribution < 1.29 is 18.7 Å². The highest BCUT2D eigenvalue weighted by molar-refractivity contribution is 6.11. The number of hydrogen-bond donors (Lipinski definition) is 2. The first-order valence-corrected chi connectivity index (χ1v) is 8.63. The lowest BCUT2D eigenvalue weighted by atomic mass is 10.1. The average Bonchev–Trinajstić information content (AvgIpc) is 3.08. The van der Waals surface area contributed by atoms with Crippen molar-refractivity contribution in [2.75, 3.05) is 18.9 Å². The highest BCUT2D eigenvalue weighted by atomic mass is 19.1. The Hall–Kier alpha value is -3.68. The summed E-state index contributed by atoms with van der Waals surface area (Å²) in [4.78, 5) is 24.3. The molecule has 0 aliphatic heterocycles. The van der Waals surface area contributed by atoms with Crippen LogP contribution in [0.3, 0.4) is 0 Å². The zero-order valence-electron chi connectivity index (χ0n) is 15.2. The third-order valence-corrected chi connectivity index (χ3v) is 3.96. The summed E-state index contributed by atoms with van der Waals surface area (Å²) < 4.78 is 19.9. The van der Waals surface area contributed by atoms with Crippen LogP contribution in [0.5, 0.6) is 5.75 Å². The molecule has 1 amide bonds. The topological polar surface area (TPSA) is 99.2 Å². The minimum absolute atomic E-state index is 0.143. The number of nitrogen functional groups attached to an aromatic ring is 1. The van der Waals surface area contributed by atoms with Crippen LogP contribution < -0.4 is 15.8 Å². The predicted octanol–water partition coefficient (Wildman–Crippen LogP) is 2.34. The molecule has 3 aromatic rings. The number of benzene rings is 2. The van der Waals surface area contributed by atoms with Crippen molar-refractivity contribution in [2.45, 2.75) is 6.92 Å². The molecule has 3 rings (SSSR count). The van der Waals surface area contributed by atoms with Crippen molar-refractivity contribution >= 4 is 17.5 Å². The summed E-state index contributed by atoms with van der Waals surface area (Å²) >= 11 is 0. The maximum absolute atomic E-state index is 13.1. The molecule has 2 aromatic carbocycles. The molecule has 0 fully saturated rings. The van der Waals surface area contributed by atoms with E-state index in [1.54, 1.807) is 18.2 Å². The minimum Gasteiger partial charge on any atom is -0.484 e. The second-order valence-electron chi connectivity index (χ2n) is 5.93. The van der Waals surface area contributed by atoms with Gasteiger partial charge >= 0.3 is 0 Å². The van der Waals surface area contributed by atoms with E-state index in [0.29, 0.717) is 23.5 Å². The lowest BCUT2D eigenvalue weighted by Gasteiger charge is -2.08. The predicted molar refractivity (Wildman–Crippen MR) is 102 cm³/mol. The van der Waals surface area contributed by atoms with Crippen molar-refractivity contribution in [1.29, 1.82) is 0 Å². The molecule has 0 unspecified atom stereocenters. The van der Waals surface area contributed by atoms with Crippen molar-refractivity contribution in [3.8, 4) is 11.4 Å². The fourth-order valence-corrected chi connectivity index (χ4v) is 2.60. The summed E-state index contributed by atoms with van der Waals surface area (Å²) in [5, 5.41) is 6.76. The van der Waals surface area contributed by atoms with Crippen LogP contribution in [0.2, 0.25) is 0 Å². The summed E-state index contributed by atoms with van der Waals surface area (Å²) in [6.07, 6.45) is 1.36. The lowest BCUT2D eigenvalue weighted by Crippen LogP contribution is -2.28. The van der Waals surface area contributed by atoms with E-state index in [4.69, 9.17) is 10.5 Å². The molecule has 0 radical (unpaired) electrons. The van der Waals surface area contributed by atoms with Gasteiger partial charge in [-0.15, -0.1) is 0 Å². The first-order valence-electron chi connectivity index (χ1n) is 8.63. The number of nitrogens with zero attached hydrogens (tertiary/aromatic N) is 2. The highest BCUT2D eigenvalue weighted by Crippen LogP contribution is 2.22. The Labute approximate surface area is 160 Å². The molecule has 1 heterocycles. The summed E-state index contributed by atoms with van der Waals surface area (Å²) in [7, 11) is 0. The summed E-state index contributed by atoms with van der Waals surface area (Å²) in [6.45, 7) is 2.18. The number of halogens is 1. The maximum Gasteiger partial charge on any atom is 0.257 e. The third-order valence-electron chi connectivity index (χ3n) is 3.96. The van der Waals surface area contributed by atoms with Crippen LogP contribution in [0.15, 0.2) is 54.7 Å². The number of aromatic nitrogens is 2. The van der Waals surface area contributed by atoms with E-state index in [9.17, 15) is 14.0 Å². The Kier molecular flexibility index (Phi) is 5.69. The second-order valence-corrected chi connectivity index (χ2v) is 5.93. The van der Waals surface area contributed by atoms with Crippen LogP contribution in [-0.4, -0.2) is 34.6 Å². The van der Waals surface area contributed by atoms with Crippen molar-refractivity contribution in [3.63, 3.8) is 0 Å². The van der Waals surface area contributed by atoms with Gasteiger partial charge in [0.25, 0.3) is 5.91 Å². The number of nitrogens with two attached hydrogens (primary N) is 1. The Morgan fingerprint density at radius 1 is 1.21 bits per heavy atom. The van der Waals surface area contributed by atoms with Gasteiger partial charge in [0.2, 0.25) is 0 Å². The van der Waals surface area contributed by atoms with E-state index in [0.717, 1.165) is 0 Å². The molecule has 144 valence electrons. The molecule has 28 heavy (non-hydrogen) atoms. The number of hydrogen-bond acceptors (Lipinski definition) is 5. The van der Waals surface area contributed by atoms with Crippen LogP contribution in [0.4, 0.5) is 10.2 Å². The van der Waals surface area contributed by atoms with Gasteiger partial charge in [-0.3, -0.25) is 9.59 Å². The molecule has 1 aromatic heterocycles. The normalized spacial score (nSPS) is 10.5. The number of rotatable bonds is 7. The van der Waals surface area contributed by atoms with E-state index >= 15 is 0 Å². The molecule has 0 aliphatic rings. The van der Waals surface area contributed by atoms with Crippen LogP contribution in [0, 0.1) is 5.82 Å². The largest absolute Gasteiger partial charge is 0.484 e. The van der Waals surface area contributed by atoms with Crippen LogP contribution >= 0.6 is 0 Å². The molecule has 8 heteroatoms. The molecule has 0 aliphatic carbocycles. The number of anilines is 1. The number of carbonyl (C=O) groups is 2. The number of carbonyl (C=O) groups excluding carboxylic acids is 2. The van der Waals surface area contributed by atoms with Gasteiger partial charge in [-0.25, -0.2) is 9.07 Å². The van der Waals surface area contributed by atoms with E-state index < -0.39 is 0 Å². The number of amides is 1. The molecule has 0 spiro atoms. The summed E-state index contributed by atoms with van der Waals surface area (Å²) in [5.74, 6) is -0.430. The number of ketones is 1. The third kappa shape index (κ3) is 4.17. The van der Waals surface area contributed by atoms with Gasteiger partial charge in [0, 0.05) is 12.1 Å². The zero-order chi connectivity index (χ0) is 20.1. The quantitative estimate of drug-likeness (QED) is 0.611. The average molecular weight is 382 g/mol. The van der Waals surface area contributed by atoms with Gasteiger partial charge < -0.3 is 15.8 Å². The van der Waals surface area contributed by atoms with Crippen LogP contribution in [0.1, 0.15) is 22.8 Å². The van der Waals surface area contributed by atoms with Crippen LogP contribution in [-0.2, 0) is 4.79 Å². The van der Waals surface area contributed by atoms with Gasteiger partial charge in [0.15, 0.2) is 12.4 Å². The van der Waals surface area contributed by atoms with Crippen molar-refractivity contribution in [1.82, 2.24) is 15.1 Å². The fraction of sp³-hybridized carbons (Fsp3) is 0.150. The van der Waals surface area contributed by atoms with Crippen molar-refractivity contribution in [3.05, 3.63) is 71.7 Å². The monoisotopic (exact) mass is 382 g/mol. The molecular formula is C20H19FN4O3. The van der Waals surface area contributed by atoms with E-state index in [1.165, 1.54) is 41.2 Å². The molecule has 3 N–H and O–H groups in total. The standard InChI is InChI=1S/C20H19FN4O3/c1-2-23-18(26)12-28-16-5-3-4-13(10-16)19(27)17-11-24-25(20(17)22)15-8-6-14(21)7-9-15/h3-11H,2,12,22H2,1H3,(H,23,26). The number of likely N-dealkylation sites (N-methyl/N-ethyl adjacent to an activating group) is 1. The van der Waals surface area contributed by atoms with Gasteiger partial charge in [0.1, 0.15) is 17.4 Å². The summed E-state index contributed by atoms with van der Waals surface area (Å²) in [6, 6.07) is 12.1. The second kappa shape index (κ2) is 8.34.